The molecule has 12 heteroatoms. The summed E-state index contributed by atoms with van der Waals surface area (Å²) in [6.45, 7) is 0. The Labute approximate surface area is 154 Å². The van der Waals surface area contributed by atoms with Gasteiger partial charge in [-0.25, -0.2) is 15.0 Å². The number of halogens is 4. The molecule has 0 saturated carbocycles. The van der Waals surface area contributed by atoms with Gasteiger partial charge in [-0.1, -0.05) is 23.4 Å². The number of amides is 1. The zero-order valence-corrected chi connectivity index (χ0v) is 14.7. The molecule has 0 aromatic carbocycles. The standard InChI is InChI=1S/C14H10ClF3N6OS/c1-24-12-8(4-22-24)13(21-6-20-12)26-5-10(25)23-11-9(15)2-7(3-19-11)14(16,17)18/h2-4,6H,5H2,1H3,(H,19,23,25). The Balaban J connectivity index is 1.67. The van der Waals surface area contributed by atoms with E-state index < -0.39 is 17.6 Å². The summed E-state index contributed by atoms with van der Waals surface area (Å²) in [5.74, 6) is -0.667. The van der Waals surface area contributed by atoms with Crippen LogP contribution in [0.3, 0.4) is 0 Å². The summed E-state index contributed by atoms with van der Waals surface area (Å²) in [5, 5.41) is 7.41. The molecule has 1 amide bonds. The summed E-state index contributed by atoms with van der Waals surface area (Å²) in [5.41, 5.74) is -0.370. The molecule has 0 aliphatic carbocycles. The molecule has 0 atom stereocenters. The number of aromatic nitrogens is 5. The predicted molar refractivity (Wildman–Crippen MR) is 89.9 cm³/mol. The van der Waals surface area contributed by atoms with Crippen LogP contribution >= 0.6 is 23.4 Å². The van der Waals surface area contributed by atoms with Gasteiger partial charge < -0.3 is 5.32 Å². The fourth-order valence-corrected chi connectivity index (χ4v) is 3.02. The van der Waals surface area contributed by atoms with Crippen molar-refractivity contribution in [2.75, 3.05) is 11.1 Å². The number of hydrogen-bond acceptors (Lipinski definition) is 6. The lowest BCUT2D eigenvalue weighted by molar-refractivity contribution is -0.137. The quantitative estimate of drug-likeness (QED) is 0.533. The monoisotopic (exact) mass is 402 g/mol. The summed E-state index contributed by atoms with van der Waals surface area (Å²) in [6.07, 6.45) is -1.00. The maximum atomic E-state index is 12.6. The zero-order chi connectivity index (χ0) is 18.9. The van der Waals surface area contributed by atoms with Crippen molar-refractivity contribution in [1.82, 2.24) is 24.7 Å². The van der Waals surface area contributed by atoms with Crippen molar-refractivity contribution in [3.63, 3.8) is 0 Å². The van der Waals surface area contributed by atoms with E-state index in [2.05, 4.69) is 25.4 Å². The average Bonchev–Trinajstić information content (AvgIpc) is 2.96. The third-order valence-electron chi connectivity index (χ3n) is 3.26. The van der Waals surface area contributed by atoms with E-state index in [0.717, 1.165) is 11.8 Å². The van der Waals surface area contributed by atoms with Crippen LogP contribution in [0.1, 0.15) is 5.56 Å². The molecule has 0 aliphatic rings. The number of alkyl halides is 3. The van der Waals surface area contributed by atoms with E-state index >= 15 is 0 Å². The summed E-state index contributed by atoms with van der Waals surface area (Å²) >= 11 is 6.90. The topological polar surface area (TPSA) is 85.6 Å². The van der Waals surface area contributed by atoms with Crippen LogP contribution in [0.25, 0.3) is 11.0 Å². The Kier molecular flexibility index (Phi) is 5.01. The molecule has 3 rings (SSSR count). The Morgan fingerprint density at radius 3 is 2.77 bits per heavy atom. The Morgan fingerprint density at radius 1 is 1.31 bits per heavy atom. The molecule has 0 radical (unpaired) electrons. The summed E-state index contributed by atoms with van der Waals surface area (Å²) < 4.78 is 39.4. The SMILES string of the molecule is Cn1ncc2c(SCC(=O)Nc3ncc(C(F)(F)F)cc3Cl)ncnc21. The normalized spacial score (nSPS) is 11.7. The highest BCUT2D eigenvalue weighted by molar-refractivity contribution is 8.00. The third-order valence-corrected chi connectivity index (χ3v) is 4.55. The minimum atomic E-state index is -4.56. The smallest absolute Gasteiger partial charge is 0.309 e. The highest BCUT2D eigenvalue weighted by Gasteiger charge is 2.31. The molecule has 0 bridgehead atoms. The van der Waals surface area contributed by atoms with Crippen molar-refractivity contribution in [3.8, 4) is 0 Å². The molecule has 3 aromatic heterocycles. The second-order valence-corrected chi connectivity index (χ2v) is 6.44. The Hall–Kier alpha value is -2.40. The van der Waals surface area contributed by atoms with Crippen LogP contribution in [-0.4, -0.2) is 36.4 Å². The highest BCUT2D eigenvalue weighted by Crippen LogP contribution is 2.32. The van der Waals surface area contributed by atoms with Gasteiger partial charge in [-0.05, 0) is 6.07 Å². The lowest BCUT2D eigenvalue weighted by Crippen LogP contribution is -2.16. The summed E-state index contributed by atoms with van der Waals surface area (Å²) in [7, 11) is 1.73. The molecule has 0 saturated heterocycles. The first-order valence-corrected chi connectivity index (χ1v) is 8.40. The molecule has 1 N–H and O–H groups in total. The van der Waals surface area contributed by atoms with Crippen molar-refractivity contribution in [1.29, 1.82) is 0 Å². The molecule has 3 aromatic rings. The maximum Gasteiger partial charge on any atom is 0.417 e. The average molecular weight is 403 g/mol. The number of thioether (sulfide) groups is 1. The van der Waals surface area contributed by atoms with E-state index in [4.69, 9.17) is 11.6 Å². The van der Waals surface area contributed by atoms with Gasteiger partial charge in [0, 0.05) is 13.2 Å². The van der Waals surface area contributed by atoms with Crippen LogP contribution in [-0.2, 0) is 18.0 Å². The molecule has 3 heterocycles. The van der Waals surface area contributed by atoms with Crippen LogP contribution in [0.5, 0.6) is 0 Å². The van der Waals surface area contributed by atoms with Gasteiger partial charge >= 0.3 is 6.18 Å². The van der Waals surface area contributed by atoms with Crippen LogP contribution in [0.2, 0.25) is 5.02 Å². The lowest BCUT2D eigenvalue weighted by Gasteiger charge is -2.10. The highest BCUT2D eigenvalue weighted by atomic mass is 35.5. The number of nitrogens with one attached hydrogen (secondary N) is 1. The van der Waals surface area contributed by atoms with E-state index in [1.165, 1.54) is 6.33 Å². The molecular formula is C14H10ClF3N6OS. The van der Waals surface area contributed by atoms with E-state index in [-0.39, 0.29) is 16.6 Å². The minimum Gasteiger partial charge on any atom is -0.309 e. The second-order valence-electron chi connectivity index (χ2n) is 5.07. The fraction of sp³-hybridized carbons (Fsp3) is 0.214. The van der Waals surface area contributed by atoms with E-state index in [1.807, 2.05) is 0 Å². The van der Waals surface area contributed by atoms with Gasteiger partial charge in [0.05, 0.1) is 27.9 Å². The van der Waals surface area contributed by atoms with Gasteiger partial charge in [-0.15, -0.1) is 0 Å². The van der Waals surface area contributed by atoms with E-state index in [0.29, 0.717) is 28.3 Å². The number of rotatable bonds is 4. The first-order valence-electron chi connectivity index (χ1n) is 7.04. The first-order chi connectivity index (χ1) is 12.3. The van der Waals surface area contributed by atoms with Crippen LogP contribution in [0.4, 0.5) is 19.0 Å². The number of aryl methyl sites for hydroxylation is 1. The molecule has 0 aliphatic heterocycles. The van der Waals surface area contributed by atoms with Crippen molar-refractivity contribution in [2.45, 2.75) is 11.2 Å². The number of carbonyl (C=O) groups excluding carboxylic acids is 1. The lowest BCUT2D eigenvalue weighted by atomic mass is 10.3. The predicted octanol–water partition coefficient (Wildman–Crippen LogP) is 3.16. The van der Waals surface area contributed by atoms with Gasteiger partial charge in [-0.3, -0.25) is 9.48 Å². The number of fused-ring (bicyclic) bond motifs is 1. The fourth-order valence-electron chi connectivity index (χ4n) is 2.04. The van der Waals surface area contributed by atoms with Crippen molar-refractivity contribution < 1.29 is 18.0 Å². The molecule has 0 spiro atoms. The number of anilines is 1. The number of carbonyl (C=O) groups is 1. The molecule has 136 valence electrons. The Bertz CT molecular complexity index is 977. The van der Waals surface area contributed by atoms with Gasteiger partial charge in [0.1, 0.15) is 11.4 Å². The van der Waals surface area contributed by atoms with Gasteiger partial charge in [-0.2, -0.15) is 18.3 Å². The molecule has 0 unspecified atom stereocenters. The van der Waals surface area contributed by atoms with Crippen molar-refractivity contribution in [2.24, 2.45) is 7.05 Å². The molecule has 7 nitrogen and oxygen atoms in total. The minimum absolute atomic E-state index is 0.0416. The largest absolute Gasteiger partial charge is 0.417 e. The maximum absolute atomic E-state index is 12.6. The number of pyridine rings is 1. The molecule has 0 fully saturated rings. The van der Waals surface area contributed by atoms with Gasteiger partial charge in [0.25, 0.3) is 0 Å². The van der Waals surface area contributed by atoms with E-state index in [9.17, 15) is 18.0 Å². The van der Waals surface area contributed by atoms with Crippen LogP contribution < -0.4 is 5.32 Å². The van der Waals surface area contributed by atoms with Crippen LogP contribution in [0, 0.1) is 0 Å². The third kappa shape index (κ3) is 3.88. The Morgan fingerprint density at radius 2 is 2.08 bits per heavy atom. The van der Waals surface area contributed by atoms with E-state index in [1.54, 1.807) is 17.9 Å². The van der Waals surface area contributed by atoms with Gasteiger partial charge in [0.2, 0.25) is 5.91 Å². The van der Waals surface area contributed by atoms with Crippen molar-refractivity contribution >= 4 is 46.1 Å². The second kappa shape index (κ2) is 7.08. The first kappa shape index (κ1) is 18.4. The summed E-state index contributed by atoms with van der Waals surface area (Å²) in [6, 6.07) is 0.709. The van der Waals surface area contributed by atoms with Crippen molar-refractivity contribution in [3.05, 3.63) is 35.4 Å². The zero-order valence-electron chi connectivity index (χ0n) is 13.1. The van der Waals surface area contributed by atoms with Gasteiger partial charge in [0.15, 0.2) is 11.5 Å². The summed E-state index contributed by atoms with van der Waals surface area (Å²) in [4.78, 5) is 23.8. The van der Waals surface area contributed by atoms with Crippen LogP contribution in [0.15, 0.2) is 29.8 Å². The molecular weight excluding hydrogens is 393 g/mol. The molecule has 26 heavy (non-hydrogen) atoms. The number of hydrogen-bond donors (Lipinski definition) is 1. The number of nitrogens with zero attached hydrogens (tertiary/aromatic N) is 5.